The van der Waals surface area contributed by atoms with E-state index < -0.39 is 24.7 Å². The number of carbonyl (C=O) groups is 1. The van der Waals surface area contributed by atoms with Crippen molar-refractivity contribution in [1.29, 1.82) is 0 Å². The fourth-order valence-electron chi connectivity index (χ4n) is 2.96. The van der Waals surface area contributed by atoms with Crippen molar-refractivity contribution < 1.29 is 27.4 Å². The van der Waals surface area contributed by atoms with Crippen LogP contribution in [0.1, 0.15) is 25.3 Å². The molecule has 24 heavy (non-hydrogen) atoms. The molecule has 1 aromatic rings. The molecule has 1 amide bonds. The molecule has 2 aliphatic rings. The van der Waals surface area contributed by atoms with E-state index in [0.717, 1.165) is 17.7 Å². The molecule has 132 valence electrons. The monoisotopic (exact) mass is 343 g/mol. The molecule has 0 unspecified atom stereocenters. The number of hydrogen-bond donors (Lipinski definition) is 0. The quantitative estimate of drug-likeness (QED) is 0.824. The van der Waals surface area contributed by atoms with Crippen LogP contribution in [0.4, 0.5) is 13.2 Å². The summed E-state index contributed by atoms with van der Waals surface area (Å²) in [6.07, 6.45) is -2.71. The van der Waals surface area contributed by atoms with Crippen molar-refractivity contribution in [2.75, 3.05) is 19.8 Å². The Hall–Kier alpha value is -1.92. The molecule has 7 heteroatoms. The van der Waals surface area contributed by atoms with Gasteiger partial charge in [0, 0.05) is 6.04 Å². The minimum Gasteiger partial charge on any atom is -0.486 e. The molecule has 0 saturated heterocycles. The third-order valence-electron chi connectivity index (χ3n) is 4.43. The van der Waals surface area contributed by atoms with E-state index in [1.165, 1.54) is 0 Å². The molecule has 0 aromatic heterocycles. The number of fused-ring (bicyclic) bond motifs is 1. The van der Waals surface area contributed by atoms with Gasteiger partial charge in [-0.1, -0.05) is 6.07 Å². The van der Waals surface area contributed by atoms with Crippen LogP contribution >= 0.6 is 0 Å². The number of carbonyl (C=O) groups excluding carboxylic acids is 1. The molecule has 3 rings (SSSR count). The summed E-state index contributed by atoms with van der Waals surface area (Å²) >= 11 is 0. The highest BCUT2D eigenvalue weighted by atomic mass is 19.4. The summed E-state index contributed by atoms with van der Waals surface area (Å²) < 4.78 is 49.4. The molecular formula is C17H20F3NO3. The maximum atomic E-state index is 12.8. The number of amides is 1. The predicted molar refractivity (Wildman–Crippen MR) is 81.1 cm³/mol. The lowest BCUT2D eigenvalue weighted by Crippen LogP contribution is -2.46. The number of ether oxygens (including phenoxy) is 2. The number of rotatable bonds is 5. The van der Waals surface area contributed by atoms with Gasteiger partial charge in [-0.25, -0.2) is 0 Å². The standard InChI is InChI=1S/C17H20F3NO3/c1-11(13-3-4-13)21(10-17(18,19)20)16(22)9-12-2-5-14-15(8-12)24-7-6-23-14/h2,5,8,11,13H,3-4,6-7,9-10H2,1H3/t11-/m0/s1. The van der Waals surface area contributed by atoms with Crippen molar-refractivity contribution in [3.63, 3.8) is 0 Å². The number of halogens is 3. The lowest BCUT2D eigenvalue weighted by atomic mass is 10.1. The van der Waals surface area contributed by atoms with Gasteiger partial charge in [0.2, 0.25) is 5.91 Å². The molecule has 1 saturated carbocycles. The topological polar surface area (TPSA) is 38.8 Å². The molecule has 0 bridgehead atoms. The van der Waals surface area contributed by atoms with Gasteiger partial charge < -0.3 is 14.4 Å². The largest absolute Gasteiger partial charge is 0.486 e. The highest BCUT2D eigenvalue weighted by Crippen LogP contribution is 2.37. The molecule has 0 radical (unpaired) electrons. The van der Waals surface area contributed by atoms with Crippen LogP contribution in [0.15, 0.2) is 18.2 Å². The zero-order valence-corrected chi connectivity index (χ0v) is 13.4. The van der Waals surface area contributed by atoms with Gasteiger partial charge in [0.25, 0.3) is 0 Å². The predicted octanol–water partition coefficient (Wildman–Crippen LogP) is 3.19. The lowest BCUT2D eigenvalue weighted by Gasteiger charge is -2.30. The Morgan fingerprint density at radius 3 is 2.54 bits per heavy atom. The zero-order chi connectivity index (χ0) is 17.3. The van der Waals surface area contributed by atoms with Gasteiger partial charge >= 0.3 is 6.18 Å². The van der Waals surface area contributed by atoms with Gasteiger partial charge in [-0.3, -0.25) is 4.79 Å². The Labute approximate surface area is 138 Å². The lowest BCUT2D eigenvalue weighted by molar-refractivity contribution is -0.165. The second-order valence-electron chi connectivity index (χ2n) is 6.37. The first-order chi connectivity index (χ1) is 11.3. The molecule has 1 aliphatic carbocycles. The van der Waals surface area contributed by atoms with Crippen LogP contribution in [0.3, 0.4) is 0 Å². The fourth-order valence-corrected chi connectivity index (χ4v) is 2.96. The van der Waals surface area contributed by atoms with Gasteiger partial charge in [-0.2, -0.15) is 13.2 Å². The second kappa shape index (κ2) is 6.53. The molecule has 1 atom stereocenters. The summed E-state index contributed by atoms with van der Waals surface area (Å²) in [7, 11) is 0. The van der Waals surface area contributed by atoms with Gasteiger partial charge in [-0.15, -0.1) is 0 Å². The first kappa shape index (κ1) is 16.9. The number of hydrogen-bond acceptors (Lipinski definition) is 3. The summed E-state index contributed by atoms with van der Waals surface area (Å²) in [6.45, 7) is 1.38. The minimum atomic E-state index is -4.40. The summed E-state index contributed by atoms with van der Waals surface area (Å²) in [6, 6.07) is 4.66. The van der Waals surface area contributed by atoms with Gasteiger partial charge in [0.05, 0.1) is 6.42 Å². The molecule has 1 aromatic carbocycles. The molecule has 0 N–H and O–H groups in total. The van der Waals surface area contributed by atoms with Crippen molar-refractivity contribution in [3.05, 3.63) is 23.8 Å². The van der Waals surface area contributed by atoms with Crippen LogP contribution in [0.25, 0.3) is 0 Å². The maximum Gasteiger partial charge on any atom is 0.406 e. The third kappa shape index (κ3) is 4.13. The van der Waals surface area contributed by atoms with E-state index in [9.17, 15) is 18.0 Å². The van der Waals surface area contributed by atoms with Crippen LogP contribution < -0.4 is 9.47 Å². The van der Waals surface area contributed by atoms with E-state index in [0.29, 0.717) is 30.3 Å². The molecular weight excluding hydrogens is 323 g/mol. The smallest absolute Gasteiger partial charge is 0.406 e. The van der Waals surface area contributed by atoms with Gasteiger partial charge in [0.1, 0.15) is 19.8 Å². The first-order valence-corrected chi connectivity index (χ1v) is 8.08. The highest BCUT2D eigenvalue weighted by Gasteiger charge is 2.40. The Kier molecular flexibility index (Phi) is 4.60. The van der Waals surface area contributed by atoms with E-state index >= 15 is 0 Å². The van der Waals surface area contributed by atoms with E-state index in [1.807, 2.05) is 0 Å². The van der Waals surface area contributed by atoms with Crippen molar-refractivity contribution in [2.24, 2.45) is 5.92 Å². The molecule has 0 spiro atoms. The Bertz CT molecular complexity index is 614. The van der Waals surface area contributed by atoms with Crippen molar-refractivity contribution in [2.45, 2.75) is 38.4 Å². The third-order valence-corrected chi connectivity index (χ3v) is 4.43. The van der Waals surface area contributed by atoms with Crippen LogP contribution in [0, 0.1) is 5.92 Å². The summed E-state index contributed by atoms with van der Waals surface area (Å²) in [4.78, 5) is 13.5. The van der Waals surface area contributed by atoms with Crippen molar-refractivity contribution in [1.82, 2.24) is 4.90 Å². The minimum absolute atomic E-state index is 0.0796. The van der Waals surface area contributed by atoms with E-state index in [2.05, 4.69) is 0 Å². The van der Waals surface area contributed by atoms with Crippen LogP contribution in [0.5, 0.6) is 11.5 Å². The van der Waals surface area contributed by atoms with Gasteiger partial charge in [0.15, 0.2) is 11.5 Å². The van der Waals surface area contributed by atoms with Crippen LogP contribution in [-0.2, 0) is 11.2 Å². The van der Waals surface area contributed by atoms with Crippen molar-refractivity contribution >= 4 is 5.91 Å². The van der Waals surface area contributed by atoms with E-state index in [-0.39, 0.29) is 12.3 Å². The maximum absolute atomic E-state index is 12.8. The molecule has 4 nitrogen and oxygen atoms in total. The van der Waals surface area contributed by atoms with Crippen LogP contribution in [0.2, 0.25) is 0 Å². The zero-order valence-electron chi connectivity index (χ0n) is 13.4. The van der Waals surface area contributed by atoms with E-state index in [4.69, 9.17) is 9.47 Å². The summed E-state index contributed by atoms with van der Waals surface area (Å²) in [5.41, 5.74) is 0.624. The second-order valence-corrected chi connectivity index (χ2v) is 6.37. The average Bonchev–Trinajstić information content (AvgIpc) is 3.36. The Morgan fingerprint density at radius 2 is 1.92 bits per heavy atom. The summed E-state index contributed by atoms with van der Waals surface area (Å²) in [5, 5.41) is 0. The average molecular weight is 343 g/mol. The molecule has 1 fully saturated rings. The summed E-state index contributed by atoms with van der Waals surface area (Å²) in [5.74, 6) is 0.792. The highest BCUT2D eigenvalue weighted by molar-refractivity contribution is 5.79. The van der Waals surface area contributed by atoms with E-state index in [1.54, 1.807) is 25.1 Å². The van der Waals surface area contributed by atoms with Crippen molar-refractivity contribution in [3.8, 4) is 11.5 Å². The normalized spacial score (nSPS) is 18.2. The SMILES string of the molecule is C[C@@H](C1CC1)N(CC(F)(F)F)C(=O)Cc1ccc2c(c1)OCCO2. The number of benzene rings is 1. The van der Waals surface area contributed by atoms with Crippen LogP contribution in [-0.4, -0.2) is 42.8 Å². The molecule has 1 heterocycles. The molecule has 1 aliphatic heterocycles. The Balaban J connectivity index is 1.72. The first-order valence-electron chi connectivity index (χ1n) is 8.08. The Morgan fingerprint density at radius 1 is 1.25 bits per heavy atom. The fraction of sp³-hybridized carbons (Fsp3) is 0.588. The number of alkyl halides is 3. The number of nitrogens with zero attached hydrogens (tertiary/aromatic N) is 1. The van der Waals surface area contributed by atoms with Gasteiger partial charge in [-0.05, 0) is 43.4 Å².